The SMILES string of the molecule is CNC(=O)N(c1nc(N)nc(N)n1)N1C(=O)CCC1=O. The summed E-state index contributed by atoms with van der Waals surface area (Å²) in [6.45, 7) is 0. The molecule has 1 aromatic rings. The van der Waals surface area contributed by atoms with Crippen molar-refractivity contribution in [3.63, 3.8) is 0 Å². The lowest BCUT2D eigenvalue weighted by Gasteiger charge is -2.27. The van der Waals surface area contributed by atoms with Crippen molar-refractivity contribution in [1.82, 2.24) is 25.3 Å². The Morgan fingerprint density at radius 2 is 1.65 bits per heavy atom. The summed E-state index contributed by atoms with van der Waals surface area (Å²) >= 11 is 0. The number of imide groups is 1. The predicted molar refractivity (Wildman–Crippen MR) is 66.7 cm³/mol. The first kappa shape index (κ1) is 13.5. The molecule has 4 amide bonds. The Bertz CT molecular complexity index is 552. The molecule has 1 aromatic heterocycles. The van der Waals surface area contributed by atoms with Gasteiger partial charge in [-0.2, -0.15) is 25.0 Å². The van der Waals surface area contributed by atoms with Gasteiger partial charge in [-0.15, -0.1) is 0 Å². The average Bonchev–Trinajstić information content (AvgIpc) is 2.70. The molecule has 106 valence electrons. The van der Waals surface area contributed by atoms with Gasteiger partial charge >= 0.3 is 6.03 Å². The summed E-state index contributed by atoms with van der Waals surface area (Å²) in [5.41, 5.74) is 10.8. The fraction of sp³-hybridized carbons (Fsp3) is 0.333. The third-order valence-electron chi connectivity index (χ3n) is 2.48. The zero-order valence-electron chi connectivity index (χ0n) is 10.5. The summed E-state index contributed by atoms with van der Waals surface area (Å²) in [7, 11) is 1.33. The number of carbonyl (C=O) groups excluding carboxylic acids is 3. The van der Waals surface area contributed by atoms with Crippen LogP contribution in [0, 0.1) is 0 Å². The van der Waals surface area contributed by atoms with Gasteiger partial charge in [-0.3, -0.25) is 9.59 Å². The van der Waals surface area contributed by atoms with Gasteiger partial charge < -0.3 is 16.8 Å². The van der Waals surface area contributed by atoms with Crippen molar-refractivity contribution in [3.8, 4) is 0 Å². The number of rotatable bonds is 2. The number of aromatic nitrogens is 3. The molecule has 1 aliphatic heterocycles. The molecule has 0 bridgehead atoms. The lowest BCUT2D eigenvalue weighted by Crippen LogP contribution is -2.53. The van der Waals surface area contributed by atoms with Gasteiger partial charge in [0.05, 0.1) is 0 Å². The van der Waals surface area contributed by atoms with Crippen molar-refractivity contribution < 1.29 is 14.4 Å². The van der Waals surface area contributed by atoms with E-state index >= 15 is 0 Å². The highest BCUT2D eigenvalue weighted by atomic mass is 16.2. The van der Waals surface area contributed by atoms with Crippen LogP contribution in [0.2, 0.25) is 0 Å². The second-order valence-electron chi connectivity index (χ2n) is 3.82. The van der Waals surface area contributed by atoms with E-state index in [1.807, 2.05) is 0 Å². The van der Waals surface area contributed by atoms with Crippen LogP contribution in [0.3, 0.4) is 0 Å². The van der Waals surface area contributed by atoms with Gasteiger partial charge in [0.2, 0.25) is 23.7 Å². The summed E-state index contributed by atoms with van der Waals surface area (Å²) in [6.07, 6.45) is 0.00471. The molecule has 2 rings (SSSR count). The molecule has 0 spiro atoms. The summed E-state index contributed by atoms with van der Waals surface area (Å²) in [4.78, 5) is 46.4. The molecule has 1 fully saturated rings. The van der Waals surface area contributed by atoms with Crippen molar-refractivity contribution in [2.75, 3.05) is 23.5 Å². The van der Waals surface area contributed by atoms with Crippen molar-refractivity contribution in [3.05, 3.63) is 0 Å². The number of hydrazine groups is 1. The summed E-state index contributed by atoms with van der Waals surface area (Å²) in [5, 5.41) is 3.63. The molecule has 1 saturated heterocycles. The Kier molecular flexibility index (Phi) is 3.33. The van der Waals surface area contributed by atoms with E-state index in [1.165, 1.54) is 7.05 Å². The maximum atomic E-state index is 11.9. The van der Waals surface area contributed by atoms with Crippen molar-refractivity contribution in [1.29, 1.82) is 0 Å². The first-order chi connectivity index (χ1) is 9.43. The standard InChI is InChI=1S/C9H12N8O3/c1-12-9(20)17(16-4(18)2-3-5(16)19)8-14-6(10)13-7(11)15-8/h2-3H2,1H3,(H,12,20)(H4,10,11,13,14,15). The molecule has 11 nitrogen and oxygen atoms in total. The number of nitrogens with zero attached hydrogens (tertiary/aromatic N) is 5. The number of hydrogen-bond donors (Lipinski definition) is 3. The van der Waals surface area contributed by atoms with Gasteiger partial charge in [-0.25, -0.2) is 4.79 Å². The third kappa shape index (κ3) is 2.28. The number of hydrogen-bond acceptors (Lipinski definition) is 8. The quantitative estimate of drug-likeness (QED) is 0.537. The lowest BCUT2D eigenvalue weighted by molar-refractivity contribution is -0.138. The molecule has 0 unspecified atom stereocenters. The number of anilines is 3. The normalized spacial score (nSPS) is 14.6. The van der Waals surface area contributed by atoms with Crippen LogP contribution in [0.5, 0.6) is 0 Å². The monoisotopic (exact) mass is 280 g/mol. The molecule has 1 aliphatic rings. The van der Waals surface area contributed by atoms with E-state index in [0.29, 0.717) is 10.0 Å². The van der Waals surface area contributed by atoms with Crippen molar-refractivity contribution in [2.45, 2.75) is 12.8 Å². The van der Waals surface area contributed by atoms with Crippen LogP contribution in [-0.4, -0.2) is 44.9 Å². The first-order valence-corrected chi connectivity index (χ1v) is 5.58. The molecule has 11 heteroatoms. The predicted octanol–water partition coefficient (Wildman–Crippen LogP) is -1.75. The van der Waals surface area contributed by atoms with Crippen LogP contribution in [0.4, 0.5) is 22.6 Å². The zero-order chi connectivity index (χ0) is 14.9. The minimum atomic E-state index is -0.779. The average molecular weight is 280 g/mol. The maximum Gasteiger partial charge on any atom is 0.343 e. The highest BCUT2D eigenvalue weighted by molar-refractivity contribution is 6.08. The largest absolute Gasteiger partial charge is 0.368 e. The summed E-state index contributed by atoms with van der Waals surface area (Å²) in [6, 6.07) is -0.779. The van der Waals surface area contributed by atoms with Crippen LogP contribution < -0.4 is 21.8 Å². The first-order valence-electron chi connectivity index (χ1n) is 5.58. The van der Waals surface area contributed by atoms with Crippen LogP contribution in [-0.2, 0) is 9.59 Å². The van der Waals surface area contributed by atoms with Crippen molar-refractivity contribution >= 4 is 35.7 Å². The van der Waals surface area contributed by atoms with Crippen LogP contribution in [0.1, 0.15) is 12.8 Å². The minimum absolute atomic E-state index is 0.00236. The highest BCUT2D eigenvalue weighted by Crippen LogP contribution is 2.20. The summed E-state index contributed by atoms with van der Waals surface area (Å²) in [5.74, 6) is -1.87. The minimum Gasteiger partial charge on any atom is -0.368 e. The Labute approximate surface area is 112 Å². The smallest absolute Gasteiger partial charge is 0.343 e. The molecule has 20 heavy (non-hydrogen) atoms. The third-order valence-corrected chi connectivity index (χ3v) is 2.48. The highest BCUT2D eigenvalue weighted by Gasteiger charge is 2.39. The van der Waals surface area contributed by atoms with E-state index < -0.39 is 17.8 Å². The van der Waals surface area contributed by atoms with Gasteiger partial charge in [0, 0.05) is 19.9 Å². The van der Waals surface area contributed by atoms with E-state index in [0.717, 1.165) is 0 Å². The Morgan fingerprint density at radius 1 is 1.15 bits per heavy atom. The second-order valence-corrected chi connectivity index (χ2v) is 3.82. The molecular formula is C9H12N8O3. The summed E-state index contributed by atoms with van der Waals surface area (Å²) < 4.78 is 0. The lowest BCUT2D eigenvalue weighted by atomic mass is 10.4. The number of carbonyl (C=O) groups is 3. The second kappa shape index (κ2) is 4.95. The molecule has 0 saturated carbocycles. The molecule has 0 aromatic carbocycles. The number of nitrogens with two attached hydrogens (primary N) is 2. The van der Waals surface area contributed by atoms with E-state index in [1.54, 1.807) is 0 Å². The molecule has 5 N–H and O–H groups in total. The molecule has 2 heterocycles. The fourth-order valence-electron chi connectivity index (χ4n) is 1.66. The van der Waals surface area contributed by atoms with Gasteiger partial charge in [0.1, 0.15) is 0 Å². The number of nitrogen functional groups attached to an aromatic ring is 2. The van der Waals surface area contributed by atoms with Crippen LogP contribution >= 0.6 is 0 Å². The van der Waals surface area contributed by atoms with Crippen molar-refractivity contribution in [2.24, 2.45) is 0 Å². The number of amides is 4. The number of urea groups is 1. The Morgan fingerprint density at radius 3 is 2.10 bits per heavy atom. The molecule has 0 aliphatic carbocycles. The topological polar surface area (TPSA) is 160 Å². The Hall–Kier alpha value is -2.98. The van der Waals surface area contributed by atoms with Crippen LogP contribution in [0.25, 0.3) is 0 Å². The maximum absolute atomic E-state index is 11.9. The van der Waals surface area contributed by atoms with E-state index in [9.17, 15) is 14.4 Å². The van der Waals surface area contributed by atoms with Gasteiger partial charge in [0.25, 0.3) is 5.95 Å². The Balaban J connectivity index is 2.50. The van der Waals surface area contributed by atoms with Gasteiger partial charge in [0.15, 0.2) is 0 Å². The zero-order valence-corrected chi connectivity index (χ0v) is 10.5. The molecule has 0 atom stereocenters. The van der Waals surface area contributed by atoms with E-state index in [-0.39, 0.29) is 30.7 Å². The number of nitrogens with one attached hydrogen (secondary N) is 1. The van der Waals surface area contributed by atoms with E-state index in [2.05, 4.69) is 20.3 Å². The molecule has 0 radical (unpaired) electrons. The molecular weight excluding hydrogens is 268 g/mol. The van der Waals surface area contributed by atoms with Gasteiger partial charge in [-0.1, -0.05) is 0 Å². The van der Waals surface area contributed by atoms with Crippen LogP contribution in [0.15, 0.2) is 0 Å². The van der Waals surface area contributed by atoms with Gasteiger partial charge in [-0.05, 0) is 0 Å². The van der Waals surface area contributed by atoms with E-state index in [4.69, 9.17) is 11.5 Å². The fourth-order valence-corrected chi connectivity index (χ4v) is 1.66.